The minimum absolute atomic E-state index is 0.257. The van der Waals surface area contributed by atoms with Crippen molar-refractivity contribution in [1.29, 1.82) is 0 Å². The van der Waals surface area contributed by atoms with Gasteiger partial charge < -0.3 is 10.1 Å². The zero-order valence-corrected chi connectivity index (χ0v) is 13.8. The van der Waals surface area contributed by atoms with Gasteiger partial charge in [0.05, 0.1) is 0 Å². The molecule has 0 bridgehead atoms. The molecule has 130 valence electrons. The number of hydrogen-bond donors (Lipinski definition) is 3. The molecule has 0 saturated heterocycles. The molecule has 0 heterocycles. The van der Waals surface area contributed by atoms with Crippen molar-refractivity contribution < 1.29 is 19.5 Å². The van der Waals surface area contributed by atoms with Crippen molar-refractivity contribution in [2.24, 2.45) is 0 Å². The van der Waals surface area contributed by atoms with Crippen LogP contribution in [0.5, 0.6) is 5.75 Å². The highest BCUT2D eigenvalue weighted by Gasteiger charge is 2.11. The third-order valence-corrected chi connectivity index (χ3v) is 3.40. The van der Waals surface area contributed by atoms with E-state index < -0.39 is 12.1 Å². The molecule has 3 N–H and O–H groups in total. The summed E-state index contributed by atoms with van der Waals surface area (Å²) in [7, 11) is 0. The summed E-state index contributed by atoms with van der Waals surface area (Å²) in [5.74, 6) is -0.349. The third kappa shape index (κ3) is 5.78. The lowest BCUT2D eigenvalue weighted by atomic mass is 10.2. The lowest BCUT2D eigenvalue weighted by molar-refractivity contribution is -0.118. The Bertz CT molecular complexity index is 727. The molecule has 1 unspecified atom stereocenters. The van der Waals surface area contributed by atoms with Crippen molar-refractivity contribution in [2.45, 2.75) is 19.6 Å². The van der Waals surface area contributed by atoms with E-state index in [1.54, 1.807) is 23.7 Å². The summed E-state index contributed by atoms with van der Waals surface area (Å²) in [5.41, 5.74) is 2.80. The molecule has 2 aromatic rings. The lowest BCUT2D eigenvalue weighted by Gasteiger charge is -2.18. The van der Waals surface area contributed by atoms with Crippen molar-refractivity contribution in [3.05, 3.63) is 71.8 Å². The number of hydrogen-bond acceptors (Lipinski definition) is 4. The largest absolute Gasteiger partial charge is 0.471 e. The van der Waals surface area contributed by atoms with Crippen LogP contribution < -0.4 is 15.5 Å². The van der Waals surface area contributed by atoms with E-state index in [-0.39, 0.29) is 5.91 Å². The van der Waals surface area contributed by atoms with E-state index in [2.05, 4.69) is 5.32 Å². The van der Waals surface area contributed by atoms with Crippen molar-refractivity contribution in [2.75, 3.05) is 0 Å². The Morgan fingerprint density at radius 3 is 2.40 bits per heavy atom. The van der Waals surface area contributed by atoms with Crippen LogP contribution in [0, 0.1) is 0 Å². The van der Waals surface area contributed by atoms with Crippen LogP contribution in [0.4, 0.5) is 0 Å². The fourth-order valence-electron chi connectivity index (χ4n) is 2.07. The van der Waals surface area contributed by atoms with Gasteiger partial charge in [-0.05, 0) is 35.9 Å². The van der Waals surface area contributed by atoms with Crippen molar-refractivity contribution in [1.82, 2.24) is 10.8 Å². The van der Waals surface area contributed by atoms with Gasteiger partial charge in [0.15, 0.2) is 6.23 Å². The molecule has 0 aliphatic carbocycles. The number of ether oxygens (including phenoxy) is 1. The van der Waals surface area contributed by atoms with E-state index in [0.29, 0.717) is 17.7 Å². The maximum atomic E-state index is 12.0. The SMILES string of the molecule is CCC(NC(=O)/C=C/c1ccccc1)Oc1ccc(C(=O)NO)cc1. The van der Waals surface area contributed by atoms with Crippen LogP contribution in [0.25, 0.3) is 6.08 Å². The van der Waals surface area contributed by atoms with Crippen LogP contribution in [-0.2, 0) is 4.79 Å². The summed E-state index contributed by atoms with van der Waals surface area (Å²) in [6.07, 6.45) is 3.26. The van der Waals surface area contributed by atoms with E-state index in [9.17, 15) is 9.59 Å². The quantitative estimate of drug-likeness (QED) is 0.313. The van der Waals surface area contributed by atoms with Gasteiger partial charge in [0.1, 0.15) is 5.75 Å². The van der Waals surface area contributed by atoms with Gasteiger partial charge in [-0.25, -0.2) is 5.48 Å². The highest BCUT2D eigenvalue weighted by Crippen LogP contribution is 2.14. The van der Waals surface area contributed by atoms with Gasteiger partial charge >= 0.3 is 0 Å². The van der Waals surface area contributed by atoms with Gasteiger partial charge in [-0.3, -0.25) is 14.8 Å². The summed E-state index contributed by atoms with van der Waals surface area (Å²) in [4.78, 5) is 23.3. The summed E-state index contributed by atoms with van der Waals surface area (Å²) < 4.78 is 5.69. The molecule has 0 spiro atoms. The molecule has 0 saturated carbocycles. The van der Waals surface area contributed by atoms with Crippen LogP contribution in [0.1, 0.15) is 29.3 Å². The standard InChI is InChI=1S/C19H20N2O4/c1-2-18(20-17(22)13-8-14-6-4-3-5-7-14)25-16-11-9-15(10-12-16)19(23)21-24/h3-13,18,24H,2H2,1H3,(H,20,22)(H,21,23)/b13-8+. The minimum Gasteiger partial charge on any atom is -0.471 e. The number of carbonyl (C=O) groups is 2. The van der Waals surface area contributed by atoms with Gasteiger partial charge in [0.25, 0.3) is 5.91 Å². The third-order valence-electron chi connectivity index (χ3n) is 3.40. The first-order valence-corrected chi connectivity index (χ1v) is 7.87. The number of rotatable bonds is 7. The van der Waals surface area contributed by atoms with E-state index in [0.717, 1.165) is 5.56 Å². The van der Waals surface area contributed by atoms with Crippen LogP contribution in [0.15, 0.2) is 60.7 Å². The predicted octanol–water partition coefficient (Wildman–Crippen LogP) is 2.75. The van der Waals surface area contributed by atoms with Crippen molar-refractivity contribution in [3.63, 3.8) is 0 Å². The number of hydroxylamine groups is 1. The number of amides is 2. The van der Waals surface area contributed by atoms with Gasteiger partial charge in [-0.2, -0.15) is 0 Å². The maximum absolute atomic E-state index is 12.0. The minimum atomic E-state index is -0.599. The molecule has 2 amide bonds. The monoisotopic (exact) mass is 340 g/mol. The first-order chi connectivity index (χ1) is 12.1. The van der Waals surface area contributed by atoms with Gasteiger partial charge in [0, 0.05) is 18.1 Å². The first kappa shape index (κ1) is 18.2. The second-order valence-electron chi connectivity index (χ2n) is 5.23. The molecule has 2 aromatic carbocycles. The Labute approximate surface area is 146 Å². The molecule has 0 aliphatic rings. The Kier molecular flexibility index (Phi) is 6.74. The molecule has 0 aliphatic heterocycles. The fourth-order valence-corrected chi connectivity index (χ4v) is 2.07. The van der Waals surface area contributed by atoms with E-state index >= 15 is 0 Å². The number of benzene rings is 2. The lowest BCUT2D eigenvalue weighted by Crippen LogP contribution is -2.37. The highest BCUT2D eigenvalue weighted by atomic mass is 16.5. The van der Waals surface area contributed by atoms with E-state index in [4.69, 9.17) is 9.94 Å². The average molecular weight is 340 g/mol. The predicted molar refractivity (Wildman–Crippen MR) is 94.0 cm³/mol. The Morgan fingerprint density at radius 2 is 1.80 bits per heavy atom. The number of carbonyl (C=O) groups excluding carboxylic acids is 2. The van der Waals surface area contributed by atoms with Gasteiger partial charge in [-0.15, -0.1) is 0 Å². The van der Waals surface area contributed by atoms with Crippen molar-refractivity contribution in [3.8, 4) is 5.75 Å². The summed E-state index contributed by atoms with van der Waals surface area (Å²) in [6.45, 7) is 1.89. The van der Waals surface area contributed by atoms with Crippen LogP contribution in [0.2, 0.25) is 0 Å². The Hall–Kier alpha value is -3.12. The van der Waals surface area contributed by atoms with Crippen molar-refractivity contribution >= 4 is 17.9 Å². The summed E-state index contributed by atoms with van der Waals surface area (Å²) in [6, 6.07) is 15.7. The Morgan fingerprint density at radius 1 is 1.12 bits per heavy atom. The first-order valence-electron chi connectivity index (χ1n) is 7.87. The molecule has 2 rings (SSSR count). The molecular formula is C19H20N2O4. The molecule has 6 nitrogen and oxygen atoms in total. The van der Waals surface area contributed by atoms with Crippen LogP contribution >= 0.6 is 0 Å². The normalized spacial score (nSPS) is 11.8. The number of nitrogens with one attached hydrogen (secondary N) is 2. The van der Waals surface area contributed by atoms with Crippen LogP contribution in [0.3, 0.4) is 0 Å². The van der Waals surface area contributed by atoms with Gasteiger partial charge in [-0.1, -0.05) is 37.3 Å². The average Bonchev–Trinajstić information content (AvgIpc) is 2.66. The topological polar surface area (TPSA) is 87.7 Å². The second-order valence-corrected chi connectivity index (χ2v) is 5.23. The smallest absolute Gasteiger partial charge is 0.274 e. The van der Waals surface area contributed by atoms with E-state index in [1.165, 1.54) is 18.2 Å². The van der Waals surface area contributed by atoms with E-state index in [1.807, 2.05) is 37.3 Å². The maximum Gasteiger partial charge on any atom is 0.274 e. The Balaban J connectivity index is 1.92. The molecule has 1 atom stereocenters. The fraction of sp³-hybridized carbons (Fsp3) is 0.158. The van der Waals surface area contributed by atoms with Gasteiger partial charge in [0.2, 0.25) is 5.91 Å². The summed E-state index contributed by atoms with van der Waals surface area (Å²) in [5, 5.41) is 11.4. The zero-order chi connectivity index (χ0) is 18.1. The molecule has 0 fully saturated rings. The highest BCUT2D eigenvalue weighted by molar-refractivity contribution is 5.93. The molecule has 6 heteroatoms. The second kappa shape index (κ2) is 9.24. The molecule has 0 aromatic heterocycles. The molecule has 25 heavy (non-hydrogen) atoms. The summed E-state index contributed by atoms with van der Waals surface area (Å²) >= 11 is 0. The van der Waals surface area contributed by atoms with Crippen LogP contribution in [-0.4, -0.2) is 23.2 Å². The zero-order valence-electron chi connectivity index (χ0n) is 13.8. The molecule has 0 radical (unpaired) electrons. The molecular weight excluding hydrogens is 320 g/mol.